The second-order valence-electron chi connectivity index (χ2n) is 1.81. The van der Waals surface area contributed by atoms with Crippen molar-refractivity contribution in [2.75, 3.05) is 9.93 Å². The van der Waals surface area contributed by atoms with E-state index in [1.165, 1.54) is 12.4 Å². The Morgan fingerprint density at radius 1 is 1.73 bits per heavy atom. The van der Waals surface area contributed by atoms with Crippen LogP contribution in [0.15, 0.2) is 12.4 Å². The third-order valence-corrected chi connectivity index (χ3v) is 2.61. The van der Waals surface area contributed by atoms with Gasteiger partial charge in [0.25, 0.3) is 0 Å². The number of aromatic amines is 1. The lowest BCUT2D eigenvalue weighted by molar-refractivity contribution is 0.605. The molecule has 1 aromatic rings. The van der Waals surface area contributed by atoms with Gasteiger partial charge in [-0.25, -0.2) is 8.42 Å². The summed E-state index contributed by atoms with van der Waals surface area (Å²) in [6.45, 7) is 0. The van der Waals surface area contributed by atoms with Gasteiger partial charge in [0.2, 0.25) is 10.0 Å². The molecule has 0 aliphatic carbocycles. The molecule has 0 radical (unpaired) electrons. The summed E-state index contributed by atoms with van der Waals surface area (Å²) in [5.41, 5.74) is 0.380. The van der Waals surface area contributed by atoms with Gasteiger partial charge in [-0.05, 0) is 0 Å². The van der Waals surface area contributed by atoms with E-state index < -0.39 is 15.2 Å². The first-order chi connectivity index (χ1) is 5.14. The van der Waals surface area contributed by atoms with E-state index in [1.54, 1.807) is 0 Å². The van der Waals surface area contributed by atoms with E-state index >= 15 is 0 Å². The second kappa shape index (κ2) is 3.10. The average molecular weight is 196 g/mol. The van der Waals surface area contributed by atoms with Crippen molar-refractivity contribution >= 4 is 27.3 Å². The molecule has 0 amide bonds. The van der Waals surface area contributed by atoms with Gasteiger partial charge in [0.1, 0.15) is 5.21 Å². The number of halogens is 1. The van der Waals surface area contributed by atoms with Crippen LogP contribution in [0.2, 0.25) is 0 Å². The van der Waals surface area contributed by atoms with Crippen LogP contribution in [0.1, 0.15) is 0 Å². The summed E-state index contributed by atoms with van der Waals surface area (Å²) >= 11 is 5.13. The van der Waals surface area contributed by atoms with Gasteiger partial charge in [0.05, 0.1) is 11.9 Å². The second-order valence-corrected chi connectivity index (χ2v) is 4.12. The Hall–Kier alpha value is -0.750. The molecule has 0 aliphatic rings. The molecular weight excluding hydrogens is 190 g/mol. The molecule has 5 nitrogen and oxygen atoms in total. The van der Waals surface area contributed by atoms with Gasteiger partial charge in [-0.3, -0.25) is 9.82 Å². The standard InChI is InChI=1S/C4H6ClN3O2S/c5-3-11(9,10)8-4-1-6-7-2-4/h1-2,8H,3H2,(H,6,7). The van der Waals surface area contributed by atoms with E-state index in [1.807, 2.05) is 0 Å². The van der Waals surface area contributed by atoms with E-state index in [9.17, 15) is 8.42 Å². The lowest BCUT2D eigenvalue weighted by Gasteiger charge is -1.99. The third-order valence-electron chi connectivity index (χ3n) is 0.915. The minimum Gasteiger partial charge on any atom is -0.284 e. The maximum atomic E-state index is 10.8. The molecule has 11 heavy (non-hydrogen) atoms. The molecule has 0 unspecified atom stereocenters. The minimum atomic E-state index is -3.39. The van der Waals surface area contributed by atoms with Crippen molar-refractivity contribution in [3.8, 4) is 0 Å². The van der Waals surface area contributed by atoms with Gasteiger partial charge in [-0.1, -0.05) is 0 Å². The number of alkyl halides is 1. The highest BCUT2D eigenvalue weighted by molar-refractivity contribution is 7.93. The predicted molar refractivity (Wildman–Crippen MR) is 41.9 cm³/mol. The van der Waals surface area contributed by atoms with Crippen LogP contribution in [0.25, 0.3) is 0 Å². The number of anilines is 1. The summed E-state index contributed by atoms with van der Waals surface area (Å²) < 4.78 is 23.8. The fourth-order valence-corrected chi connectivity index (χ4v) is 1.20. The zero-order valence-corrected chi connectivity index (χ0v) is 6.98. The van der Waals surface area contributed by atoms with Crippen LogP contribution in [0.4, 0.5) is 5.69 Å². The van der Waals surface area contributed by atoms with Crippen molar-refractivity contribution in [2.24, 2.45) is 0 Å². The molecule has 0 saturated carbocycles. The van der Waals surface area contributed by atoms with E-state index in [0.29, 0.717) is 5.69 Å². The largest absolute Gasteiger partial charge is 0.284 e. The lowest BCUT2D eigenvalue weighted by Crippen LogP contribution is -2.12. The third kappa shape index (κ3) is 2.39. The molecule has 2 N–H and O–H groups in total. The molecule has 0 aliphatic heterocycles. The summed E-state index contributed by atoms with van der Waals surface area (Å²) in [7, 11) is -3.39. The Kier molecular flexibility index (Phi) is 2.35. The Balaban J connectivity index is 2.72. The molecule has 0 fully saturated rings. The van der Waals surface area contributed by atoms with Crippen molar-refractivity contribution in [1.82, 2.24) is 10.2 Å². The van der Waals surface area contributed by atoms with Gasteiger partial charge in [0.15, 0.2) is 0 Å². The monoisotopic (exact) mass is 195 g/mol. The molecule has 0 saturated heterocycles. The predicted octanol–water partition coefficient (Wildman–Crippen LogP) is 0.348. The number of sulfonamides is 1. The van der Waals surface area contributed by atoms with Gasteiger partial charge >= 0.3 is 0 Å². The van der Waals surface area contributed by atoms with Crippen LogP contribution in [0, 0.1) is 0 Å². The molecule has 0 spiro atoms. The SMILES string of the molecule is O=S(=O)(CCl)Nc1cn[nH]c1. The van der Waals surface area contributed by atoms with Crippen LogP contribution < -0.4 is 4.72 Å². The van der Waals surface area contributed by atoms with E-state index in [4.69, 9.17) is 11.6 Å². The molecular formula is C4H6ClN3O2S. The summed E-state index contributed by atoms with van der Waals surface area (Å²) in [5.74, 6) is 0. The topological polar surface area (TPSA) is 74.8 Å². The van der Waals surface area contributed by atoms with Crippen LogP contribution in [0.5, 0.6) is 0 Å². The average Bonchev–Trinajstić information content (AvgIpc) is 2.39. The zero-order valence-electron chi connectivity index (χ0n) is 5.41. The maximum absolute atomic E-state index is 10.8. The first kappa shape index (κ1) is 8.35. The summed E-state index contributed by atoms with van der Waals surface area (Å²) in [6, 6.07) is 0. The minimum absolute atomic E-state index is 0.380. The highest BCUT2D eigenvalue weighted by atomic mass is 35.5. The number of rotatable bonds is 3. The molecule has 0 aromatic carbocycles. The van der Waals surface area contributed by atoms with Gasteiger partial charge in [-0.2, -0.15) is 5.10 Å². The van der Waals surface area contributed by atoms with E-state index in [0.717, 1.165) is 0 Å². The van der Waals surface area contributed by atoms with Crippen LogP contribution in [-0.4, -0.2) is 23.8 Å². The number of nitrogens with one attached hydrogen (secondary N) is 2. The normalized spacial score (nSPS) is 11.4. The van der Waals surface area contributed by atoms with Crippen molar-refractivity contribution in [3.05, 3.63) is 12.4 Å². The first-order valence-electron chi connectivity index (χ1n) is 2.69. The van der Waals surface area contributed by atoms with Crippen LogP contribution in [-0.2, 0) is 10.0 Å². The number of aromatic nitrogens is 2. The fourth-order valence-electron chi connectivity index (χ4n) is 0.514. The molecule has 7 heteroatoms. The zero-order chi connectivity index (χ0) is 8.32. The Labute approximate surface area is 68.8 Å². The maximum Gasteiger partial charge on any atom is 0.246 e. The summed E-state index contributed by atoms with van der Waals surface area (Å²) in [4.78, 5) is 0. The Morgan fingerprint density at radius 3 is 2.91 bits per heavy atom. The quantitative estimate of drug-likeness (QED) is 0.684. The molecule has 62 valence electrons. The van der Waals surface area contributed by atoms with E-state index in [2.05, 4.69) is 14.9 Å². The Morgan fingerprint density at radius 2 is 2.45 bits per heavy atom. The Bertz CT molecular complexity index is 306. The van der Waals surface area contributed by atoms with Gasteiger partial charge in [0, 0.05) is 6.20 Å². The number of hydrogen-bond acceptors (Lipinski definition) is 3. The highest BCUT2D eigenvalue weighted by Crippen LogP contribution is 2.05. The fraction of sp³-hybridized carbons (Fsp3) is 0.250. The molecule has 1 aromatic heterocycles. The first-order valence-corrected chi connectivity index (χ1v) is 4.88. The summed E-state index contributed by atoms with van der Waals surface area (Å²) in [6.07, 6.45) is 2.77. The van der Waals surface area contributed by atoms with Crippen molar-refractivity contribution < 1.29 is 8.42 Å². The lowest BCUT2D eigenvalue weighted by atomic mass is 10.6. The van der Waals surface area contributed by atoms with Crippen molar-refractivity contribution in [3.63, 3.8) is 0 Å². The smallest absolute Gasteiger partial charge is 0.246 e. The highest BCUT2D eigenvalue weighted by Gasteiger charge is 2.07. The van der Waals surface area contributed by atoms with Crippen molar-refractivity contribution in [1.29, 1.82) is 0 Å². The number of nitrogens with zero attached hydrogens (tertiary/aromatic N) is 1. The van der Waals surface area contributed by atoms with E-state index in [-0.39, 0.29) is 0 Å². The number of H-pyrrole nitrogens is 1. The number of hydrogen-bond donors (Lipinski definition) is 2. The molecule has 1 heterocycles. The molecule has 0 atom stereocenters. The summed E-state index contributed by atoms with van der Waals surface area (Å²) in [5, 5.41) is 5.54. The van der Waals surface area contributed by atoms with Crippen molar-refractivity contribution in [2.45, 2.75) is 0 Å². The molecule has 0 bridgehead atoms. The van der Waals surface area contributed by atoms with Gasteiger partial charge < -0.3 is 0 Å². The molecule has 1 rings (SSSR count). The van der Waals surface area contributed by atoms with Crippen LogP contribution >= 0.6 is 11.6 Å². The van der Waals surface area contributed by atoms with Crippen LogP contribution in [0.3, 0.4) is 0 Å². The van der Waals surface area contributed by atoms with Gasteiger partial charge in [-0.15, -0.1) is 11.6 Å².